The molecule has 0 heteroatoms. The molecule has 0 amide bonds. The molecule has 3 saturated carbocycles. The maximum absolute atomic E-state index is 2.38. The molecule has 0 spiro atoms. The van der Waals surface area contributed by atoms with Gasteiger partial charge in [0.2, 0.25) is 0 Å². The second-order valence-corrected chi connectivity index (χ2v) is 16.5. The lowest BCUT2D eigenvalue weighted by atomic mass is 9.72. The van der Waals surface area contributed by atoms with E-state index in [1.807, 2.05) is 0 Å². The molecule has 0 N–H and O–H groups in total. The molecule has 48 heavy (non-hydrogen) atoms. The molecule has 0 radical (unpaired) electrons. The van der Waals surface area contributed by atoms with Gasteiger partial charge in [-0.15, -0.1) is 0 Å². The molecule has 6 rings (SSSR count). The van der Waals surface area contributed by atoms with Gasteiger partial charge in [0, 0.05) is 0 Å². The van der Waals surface area contributed by atoms with Crippen LogP contribution < -0.4 is 0 Å². The third-order valence-electron chi connectivity index (χ3n) is 13.1. The average Bonchev–Trinajstić information content (AvgIpc) is 3.15. The largest absolute Gasteiger partial charge is 0.0651 e. The smallest absolute Gasteiger partial charge is 0.00258 e. The Morgan fingerprint density at radius 3 is 0.917 bits per heavy atom. The summed E-state index contributed by atoms with van der Waals surface area (Å²) in [5.74, 6) is 6.03. The van der Waals surface area contributed by atoms with E-state index in [9.17, 15) is 0 Å². The molecule has 3 aliphatic rings. The summed E-state index contributed by atoms with van der Waals surface area (Å²) in [6.07, 6.45) is 28.1. The van der Waals surface area contributed by atoms with Crippen LogP contribution in [0.5, 0.6) is 0 Å². The fraction of sp³-hybridized carbons (Fsp3) is 0.625. The van der Waals surface area contributed by atoms with Gasteiger partial charge in [0.1, 0.15) is 0 Å². The molecule has 0 aliphatic heterocycles. The summed E-state index contributed by atoms with van der Waals surface area (Å²) in [6, 6.07) is 27.9. The highest BCUT2D eigenvalue weighted by Crippen LogP contribution is 2.40. The topological polar surface area (TPSA) is 0 Å². The second-order valence-electron chi connectivity index (χ2n) is 16.5. The van der Waals surface area contributed by atoms with Gasteiger partial charge in [0.15, 0.2) is 0 Å². The summed E-state index contributed by atoms with van der Waals surface area (Å²) in [5.41, 5.74) is 8.83. The predicted molar refractivity (Wildman–Crippen MR) is 210 cm³/mol. The van der Waals surface area contributed by atoms with Crippen LogP contribution in [0.15, 0.2) is 72.8 Å². The van der Waals surface area contributed by atoms with Crippen LogP contribution in [-0.4, -0.2) is 0 Å². The summed E-state index contributed by atoms with van der Waals surface area (Å²) < 4.78 is 0. The van der Waals surface area contributed by atoms with Crippen LogP contribution in [-0.2, 0) is 32.1 Å². The number of hydrogen-bond acceptors (Lipinski definition) is 0. The summed E-state index contributed by atoms with van der Waals surface area (Å²) >= 11 is 0. The molecule has 0 atom stereocenters. The molecular formula is C48H70. The molecule has 3 fully saturated rings. The normalized spacial score (nSPS) is 26.0. The van der Waals surface area contributed by atoms with Crippen LogP contribution in [0.2, 0.25) is 0 Å². The standard InChI is InChI=1S/C24H38.C24H32/c2*1-3-19-5-9-21(10-6-19)17-23-13-15-24(16-14-23)18-22-11-7-20(4-2)8-12-22/h5-6,9-10,20,22-24H,3-4,7-8,11-18H2,1-2H3;5-6,9-10,13-16,20,22H,3-4,7-8,11-12,17-18H2,1-2H3. The Bertz CT molecular complexity index is 1260. The van der Waals surface area contributed by atoms with Gasteiger partial charge in [-0.2, -0.15) is 0 Å². The molecule has 0 nitrogen and oxygen atoms in total. The predicted octanol–water partition coefficient (Wildman–Crippen LogP) is 13.8. The first kappa shape index (κ1) is 36.9. The number of aryl methyl sites for hydroxylation is 2. The highest BCUT2D eigenvalue weighted by molar-refractivity contribution is 5.31. The Labute approximate surface area is 296 Å². The lowest BCUT2D eigenvalue weighted by molar-refractivity contribution is 0.189. The summed E-state index contributed by atoms with van der Waals surface area (Å²) in [6.45, 7) is 9.18. The SMILES string of the molecule is CCc1ccc(CC2CCC(CC3CCC(CC)CC3)CC2)cc1.CCc1ccc(Cc2ccc(CC3CCC(CC)CC3)cc2)cc1. The van der Waals surface area contributed by atoms with Crippen molar-refractivity contribution in [1.82, 2.24) is 0 Å². The first-order chi connectivity index (χ1) is 23.5. The quantitative estimate of drug-likeness (QED) is 0.184. The summed E-state index contributed by atoms with van der Waals surface area (Å²) in [7, 11) is 0. The van der Waals surface area contributed by atoms with Gasteiger partial charge in [-0.3, -0.25) is 0 Å². The average molecular weight is 647 g/mol. The van der Waals surface area contributed by atoms with Crippen molar-refractivity contribution in [3.05, 3.63) is 106 Å². The van der Waals surface area contributed by atoms with Crippen molar-refractivity contribution in [2.75, 3.05) is 0 Å². The minimum atomic E-state index is 0.917. The van der Waals surface area contributed by atoms with Gasteiger partial charge in [-0.1, -0.05) is 165 Å². The van der Waals surface area contributed by atoms with Gasteiger partial charge in [0.25, 0.3) is 0 Å². The Morgan fingerprint density at radius 2 is 0.604 bits per heavy atom. The monoisotopic (exact) mass is 647 g/mol. The van der Waals surface area contributed by atoms with E-state index in [1.165, 1.54) is 131 Å². The van der Waals surface area contributed by atoms with Gasteiger partial charge in [-0.05, 0) is 133 Å². The van der Waals surface area contributed by atoms with E-state index in [1.54, 1.807) is 12.0 Å². The lowest BCUT2D eigenvalue weighted by Crippen LogP contribution is -2.21. The zero-order chi connectivity index (χ0) is 33.6. The summed E-state index contributed by atoms with van der Waals surface area (Å²) in [4.78, 5) is 0. The van der Waals surface area contributed by atoms with Crippen LogP contribution in [0.3, 0.4) is 0 Å². The number of benzene rings is 3. The van der Waals surface area contributed by atoms with Gasteiger partial charge in [-0.25, -0.2) is 0 Å². The third-order valence-corrected chi connectivity index (χ3v) is 13.1. The van der Waals surface area contributed by atoms with Crippen LogP contribution in [0.4, 0.5) is 0 Å². The summed E-state index contributed by atoms with van der Waals surface area (Å²) in [5, 5.41) is 0. The Balaban J connectivity index is 0.000000188. The molecular weight excluding hydrogens is 577 g/mol. The maximum Gasteiger partial charge on any atom is -0.00258 e. The molecule has 3 aliphatic carbocycles. The molecule has 3 aromatic carbocycles. The molecule has 0 saturated heterocycles. The zero-order valence-corrected chi connectivity index (χ0v) is 31.5. The van der Waals surface area contributed by atoms with Gasteiger partial charge < -0.3 is 0 Å². The van der Waals surface area contributed by atoms with Crippen LogP contribution in [0.25, 0.3) is 0 Å². The Morgan fingerprint density at radius 1 is 0.333 bits per heavy atom. The number of rotatable bonds is 12. The van der Waals surface area contributed by atoms with Crippen molar-refractivity contribution in [2.24, 2.45) is 35.5 Å². The Kier molecular flexibility index (Phi) is 15.2. The molecule has 3 aromatic rings. The van der Waals surface area contributed by atoms with E-state index in [4.69, 9.17) is 0 Å². The fourth-order valence-electron chi connectivity index (χ4n) is 9.36. The first-order valence-corrected chi connectivity index (χ1v) is 20.8. The van der Waals surface area contributed by atoms with Crippen LogP contribution in [0.1, 0.15) is 157 Å². The van der Waals surface area contributed by atoms with Crippen molar-refractivity contribution in [3.8, 4) is 0 Å². The maximum atomic E-state index is 2.38. The Hall–Kier alpha value is -2.34. The molecule has 0 unspecified atom stereocenters. The van der Waals surface area contributed by atoms with E-state index >= 15 is 0 Å². The van der Waals surface area contributed by atoms with Crippen LogP contribution >= 0.6 is 0 Å². The zero-order valence-electron chi connectivity index (χ0n) is 31.5. The minimum Gasteiger partial charge on any atom is -0.0651 e. The first-order valence-electron chi connectivity index (χ1n) is 20.8. The highest BCUT2D eigenvalue weighted by atomic mass is 14.3. The van der Waals surface area contributed by atoms with E-state index in [0.29, 0.717) is 0 Å². The van der Waals surface area contributed by atoms with Gasteiger partial charge in [0.05, 0.1) is 0 Å². The number of hydrogen-bond donors (Lipinski definition) is 0. The van der Waals surface area contributed by atoms with Crippen molar-refractivity contribution >= 4 is 0 Å². The van der Waals surface area contributed by atoms with E-state index in [2.05, 4.69) is 100 Å². The van der Waals surface area contributed by atoms with E-state index < -0.39 is 0 Å². The second kappa shape index (κ2) is 19.7. The van der Waals surface area contributed by atoms with Crippen molar-refractivity contribution in [3.63, 3.8) is 0 Å². The third kappa shape index (κ3) is 11.9. The minimum absolute atomic E-state index is 0.917. The fourth-order valence-corrected chi connectivity index (χ4v) is 9.36. The lowest BCUT2D eigenvalue weighted by Gasteiger charge is -2.34. The molecule has 262 valence electrons. The van der Waals surface area contributed by atoms with Gasteiger partial charge >= 0.3 is 0 Å². The van der Waals surface area contributed by atoms with Crippen LogP contribution in [0, 0.1) is 35.5 Å². The van der Waals surface area contributed by atoms with Crippen molar-refractivity contribution in [2.45, 2.75) is 156 Å². The molecule has 0 bridgehead atoms. The molecule has 0 heterocycles. The highest BCUT2D eigenvalue weighted by Gasteiger charge is 2.26. The van der Waals surface area contributed by atoms with E-state index in [-0.39, 0.29) is 0 Å². The van der Waals surface area contributed by atoms with Crippen molar-refractivity contribution < 1.29 is 0 Å². The molecule has 0 aromatic heterocycles. The van der Waals surface area contributed by atoms with Crippen molar-refractivity contribution in [1.29, 1.82) is 0 Å². The van der Waals surface area contributed by atoms with E-state index in [0.717, 1.165) is 54.8 Å².